The van der Waals surface area contributed by atoms with Crippen molar-refractivity contribution < 1.29 is 0 Å². The molecular weight excluding hydrogens is 272 g/mol. The molecule has 0 saturated heterocycles. The summed E-state index contributed by atoms with van der Waals surface area (Å²) in [6, 6.07) is 8.53. The molecule has 4 nitrogen and oxygen atoms in total. The largest absolute Gasteiger partial charge is 0.370 e. The number of hydrogen-bond acceptors (Lipinski definition) is 2. The van der Waals surface area contributed by atoms with Crippen LogP contribution in [-0.4, -0.2) is 30.5 Å². The van der Waals surface area contributed by atoms with Crippen LogP contribution in [0.15, 0.2) is 29.3 Å². The Labute approximate surface area is 134 Å². The number of nitrogens with two attached hydrogens (primary N) is 1. The van der Waals surface area contributed by atoms with Crippen LogP contribution in [0.5, 0.6) is 0 Å². The molecule has 0 amide bonds. The molecule has 0 bridgehead atoms. The van der Waals surface area contributed by atoms with Crippen LogP contribution in [0.25, 0.3) is 0 Å². The standard InChI is InChI=1S/C18H30N4/c1-3-22(4-2)14-17-11-6-5-10-16(17)13-21-18(19)20-12-15-8-7-9-15/h5-6,10-11,15H,3-4,7-9,12-14H2,1-2H3,(H3,19,20,21). The average Bonchev–Trinajstić information content (AvgIpc) is 2.50. The highest BCUT2D eigenvalue weighted by molar-refractivity contribution is 5.77. The van der Waals surface area contributed by atoms with Crippen LogP contribution >= 0.6 is 0 Å². The Bertz CT molecular complexity index is 476. The minimum absolute atomic E-state index is 0.574. The summed E-state index contributed by atoms with van der Waals surface area (Å²) < 4.78 is 0. The molecule has 0 spiro atoms. The molecule has 1 aromatic rings. The monoisotopic (exact) mass is 302 g/mol. The van der Waals surface area contributed by atoms with Gasteiger partial charge >= 0.3 is 0 Å². The lowest BCUT2D eigenvalue weighted by atomic mass is 9.85. The quantitative estimate of drug-likeness (QED) is 0.573. The molecule has 1 aliphatic rings. The molecule has 0 aromatic heterocycles. The molecule has 0 aliphatic heterocycles. The number of guanidine groups is 1. The van der Waals surface area contributed by atoms with Gasteiger partial charge in [0.2, 0.25) is 0 Å². The SMILES string of the molecule is CCN(CC)Cc1ccccc1CN=C(N)NCC1CCC1. The molecule has 122 valence electrons. The first-order chi connectivity index (χ1) is 10.7. The first-order valence-corrected chi connectivity index (χ1v) is 8.55. The number of benzene rings is 1. The van der Waals surface area contributed by atoms with Crippen molar-refractivity contribution in [1.29, 1.82) is 0 Å². The lowest BCUT2D eigenvalue weighted by Gasteiger charge is -2.25. The topological polar surface area (TPSA) is 53.6 Å². The molecule has 1 fully saturated rings. The third kappa shape index (κ3) is 5.02. The summed E-state index contributed by atoms with van der Waals surface area (Å²) in [6.45, 7) is 9.14. The Balaban J connectivity index is 1.90. The third-order valence-electron chi connectivity index (χ3n) is 4.62. The minimum Gasteiger partial charge on any atom is -0.370 e. The Morgan fingerprint density at radius 1 is 1.23 bits per heavy atom. The summed E-state index contributed by atoms with van der Waals surface area (Å²) in [5.74, 6) is 1.37. The van der Waals surface area contributed by atoms with Gasteiger partial charge in [0, 0.05) is 13.1 Å². The van der Waals surface area contributed by atoms with Crippen molar-refractivity contribution in [2.75, 3.05) is 19.6 Å². The van der Waals surface area contributed by atoms with E-state index in [1.54, 1.807) is 0 Å². The van der Waals surface area contributed by atoms with Gasteiger partial charge in [0.1, 0.15) is 0 Å². The lowest BCUT2D eigenvalue weighted by molar-refractivity contribution is 0.295. The third-order valence-corrected chi connectivity index (χ3v) is 4.62. The van der Waals surface area contributed by atoms with Gasteiger partial charge in [0.15, 0.2) is 5.96 Å². The maximum Gasteiger partial charge on any atom is 0.188 e. The van der Waals surface area contributed by atoms with Crippen LogP contribution in [0.4, 0.5) is 0 Å². The van der Waals surface area contributed by atoms with Crippen LogP contribution in [0.2, 0.25) is 0 Å². The zero-order valence-electron chi connectivity index (χ0n) is 14.0. The summed E-state index contributed by atoms with van der Waals surface area (Å²) in [5.41, 5.74) is 8.60. The molecule has 4 heteroatoms. The fourth-order valence-corrected chi connectivity index (χ4v) is 2.73. The predicted octanol–water partition coefficient (Wildman–Crippen LogP) is 2.73. The normalized spacial score (nSPS) is 15.9. The number of aliphatic imine (C=N–C) groups is 1. The summed E-state index contributed by atoms with van der Waals surface area (Å²) in [6.07, 6.45) is 4.02. The zero-order chi connectivity index (χ0) is 15.8. The van der Waals surface area contributed by atoms with Crippen molar-refractivity contribution in [1.82, 2.24) is 10.2 Å². The van der Waals surface area contributed by atoms with Crippen LogP contribution in [0.1, 0.15) is 44.2 Å². The van der Waals surface area contributed by atoms with E-state index in [1.807, 2.05) is 0 Å². The van der Waals surface area contributed by atoms with Gasteiger partial charge in [-0.05, 0) is 43.0 Å². The van der Waals surface area contributed by atoms with E-state index in [9.17, 15) is 0 Å². The summed E-state index contributed by atoms with van der Waals surface area (Å²) >= 11 is 0. The second-order valence-electron chi connectivity index (χ2n) is 6.11. The number of nitrogens with one attached hydrogen (secondary N) is 1. The van der Waals surface area contributed by atoms with Gasteiger partial charge in [0.25, 0.3) is 0 Å². The fourth-order valence-electron chi connectivity index (χ4n) is 2.73. The van der Waals surface area contributed by atoms with E-state index < -0.39 is 0 Å². The Morgan fingerprint density at radius 2 is 1.91 bits per heavy atom. The van der Waals surface area contributed by atoms with Gasteiger partial charge in [-0.2, -0.15) is 0 Å². The van der Waals surface area contributed by atoms with Gasteiger partial charge in [-0.1, -0.05) is 44.5 Å². The van der Waals surface area contributed by atoms with Gasteiger partial charge in [-0.3, -0.25) is 4.90 Å². The average molecular weight is 302 g/mol. The van der Waals surface area contributed by atoms with E-state index in [-0.39, 0.29) is 0 Å². The number of rotatable bonds is 8. The van der Waals surface area contributed by atoms with Crippen molar-refractivity contribution in [3.05, 3.63) is 35.4 Å². The van der Waals surface area contributed by atoms with E-state index in [0.29, 0.717) is 12.5 Å². The minimum atomic E-state index is 0.574. The molecular formula is C18H30N4. The maximum absolute atomic E-state index is 5.98. The zero-order valence-corrected chi connectivity index (χ0v) is 14.0. The van der Waals surface area contributed by atoms with E-state index >= 15 is 0 Å². The van der Waals surface area contributed by atoms with Crippen LogP contribution in [-0.2, 0) is 13.1 Å². The highest BCUT2D eigenvalue weighted by Gasteiger charge is 2.16. The first kappa shape index (κ1) is 16.8. The van der Waals surface area contributed by atoms with Crippen LogP contribution in [0, 0.1) is 5.92 Å². The highest BCUT2D eigenvalue weighted by Crippen LogP contribution is 2.25. The second kappa shape index (κ2) is 8.79. The number of hydrogen-bond donors (Lipinski definition) is 2. The molecule has 1 saturated carbocycles. The molecule has 1 aromatic carbocycles. The molecule has 0 heterocycles. The highest BCUT2D eigenvalue weighted by atomic mass is 15.1. The first-order valence-electron chi connectivity index (χ1n) is 8.55. The van der Waals surface area contributed by atoms with E-state index in [1.165, 1.54) is 30.4 Å². The Hall–Kier alpha value is -1.55. The summed E-state index contributed by atoms with van der Waals surface area (Å²) in [4.78, 5) is 6.93. The molecule has 1 aliphatic carbocycles. The maximum atomic E-state index is 5.98. The van der Waals surface area contributed by atoms with Crippen molar-refractivity contribution >= 4 is 5.96 Å². The van der Waals surface area contributed by atoms with E-state index in [4.69, 9.17) is 5.73 Å². The summed E-state index contributed by atoms with van der Waals surface area (Å²) in [7, 11) is 0. The van der Waals surface area contributed by atoms with E-state index in [2.05, 4.69) is 53.3 Å². The van der Waals surface area contributed by atoms with Crippen molar-refractivity contribution in [3.63, 3.8) is 0 Å². The summed E-state index contributed by atoms with van der Waals surface area (Å²) in [5, 5.41) is 3.25. The molecule has 2 rings (SSSR count). The molecule has 3 N–H and O–H groups in total. The Morgan fingerprint density at radius 3 is 2.50 bits per heavy atom. The smallest absolute Gasteiger partial charge is 0.188 e. The van der Waals surface area contributed by atoms with Gasteiger partial charge in [0.05, 0.1) is 6.54 Å². The van der Waals surface area contributed by atoms with Crippen LogP contribution in [0.3, 0.4) is 0 Å². The fraction of sp³-hybridized carbons (Fsp3) is 0.611. The van der Waals surface area contributed by atoms with Crippen molar-refractivity contribution in [2.24, 2.45) is 16.6 Å². The van der Waals surface area contributed by atoms with Gasteiger partial charge in [-0.15, -0.1) is 0 Å². The van der Waals surface area contributed by atoms with Gasteiger partial charge in [-0.25, -0.2) is 4.99 Å². The molecule has 0 unspecified atom stereocenters. The van der Waals surface area contributed by atoms with Crippen molar-refractivity contribution in [3.8, 4) is 0 Å². The van der Waals surface area contributed by atoms with Crippen LogP contribution < -0.4 is 11.1 Å². The molecule has 0 atom stereocenters. The second-order valence-corrected chi connectivity index (χ2v) is 6.11. The van der Waals surface area contributed by atoms with E-state index in [0.717, 1.165) is 32.1 Å². The molecule has 0 radical (unpaired) electrons. The Kier molecular flexibility index (Phi) is 6.72. The number of nitrogens with zero attached hydrogens (tertiary/aromatic N) is 2. The lowest BCUT2D eigenvalue weighted by Crippen LogP contribution is -2.37. The predicted molar refractivity (Wildman–Crippen MR) is 93.7 cm³/mol. The van der Waals surface area contributed by atoms with Gasteiger partial charge < -0.3 is 11.1 Å². The van der Waals surface area contributed by atoms with Crippen molar-refractivity contribution in [2.45, 2.75) is 46.2 Å². The molecule has 22 heavy (non-hydrogen) atoms.